The first kappa shape index (κ1) is 22.9. The minimum Gasteiger partial charge on any atom is -0.483 e. The molecule has 0 fully saturated rings. The molecule has 4 aromatic rings. The van der Waals surface area contributed by atoms with Gasteiger partial charge in [-0.1, -0.05) is 42.5 Å². The van der Waals surface area contributed by atoms with Crippen LogP contribution in [0.3, 0.4) is 0 Å². The molecular formula is C30H25N3O4. The van der Waals surface area contributed by atoms with Crippen molar-refractivity contribution in [3.8, 4) is 5.75 Å². The van der Waals surface area contributed by atoms with Gasteiger partial charge in [0.2, 0.25) is 0 Å². The number of hydrogen-bond acceptors (Lipinski definition) is 5. The third kappa shape index (κ3) is 4.22. The monoisotopic (exact) mass is 491 g/mol. The van der Waals surface area contributed by atoms with E-state index in [0.717, 1.165) is 17.5 Å². The van der Waals surface area contributed by atoms with Crippen LogP contribution in [0, 0.1) is 0 Å². The first-order valence-electron chi connectivity index (χ1n) is 12.4. The van der Waals surface area contributed by atoms with Crippen molar-refractivity contribution >= 4 is 17.6 Å². The molecule has 0 bridgehead atoms. The molecule has 1 aliphatic heterocycles. The molecule has 0 radical (unpaired) electrons. The molecule has 1 aromatic heterocycles. The van der Waals surface area contributed by atoms with Gasteiger partial charge in [-0.15, -0.1) is 0 Å². The summed E-state index contributed by atoms with van der Waals surface area (Å²) >= 11 is 0. The van der Waals surface area contributed by atoms with Gasteiger partial charge >= 0.3 is 0 Å². The molecule has 1 atom stereocenters. The molecule has 6 rings (SSSR count). The fourth-order valence-corrected chi connectivity index (χ4v) is 5.22. The molecule has 184 valence electrons. The Morgan fingerprint density at radius 3 is 2.27 bits per heavy atom. The number of Topliss-reactive ketones (excluding diaryl/α,β-unsaturated/α-hetero) is 1. The molecule has 37 heavy (non-hydrogen) atoms. The Bertz CT molecular complexity index is 1460. The van der Waals surface area contributed by atoms with Crippen LogP contribution in [0.5, 0.6) is 5.75 Å². The van der Waals surface area contributed by atoms with Gasteiger partial charge in [-0.05, 0) is 48.2 Å². The van der Waals surface area contributed by atoms with E-state index in [2.05, 4.69) is 4.98 Å². The van der Waals surface area contributed by atoms with Crippen molar-refractivity contribution in [2.75, 3.05) is 0 Å². The molecule has 0 saturated carbocycles. The molecule has 7 nitrogen and oxygen atoms in total. The van der Waals surface area contributed by atoms with Crippen molar-refractivity contribution in [1.82, 2.24) is 14.5 Å². The van der Waals surface area contributed by atoms with Gasteiger partial charge in [-0.2, -0.15) is 0 Å². The number of rotatable bonds is 7. The summed E-state index contributed by atoms with van der Waals surface area (Å²) in [6, 6.07) is 20.4. The van der Waals surface area contributed by atoms with Crippen LogP contribution in [0.4, 0.5) is 0 Å². The lowest BCUT2D eigenvalue weighted by Gasteiger charge is -2.27. The van der Waals surface area contributed by atoms with Gasteiger partial charge in [0.05, 0.1) is 30.5 Å². The molecule has 7 heteroatoms. The van der Waals surface area contributed by atoms with Gasteiger partial charge in [0, 0.05) is 29.9 Å². The van der Waals surface area contributed by atoms with Crippen LogP contribution < -0.4 is 4.74 Å². The van der Waals surface area contributed by atoms with Gasteiger partial charge in [0.25, 0.3) is 11.8 Å². The average Bonchev–Trinajstić information content (AvgIpc) is 3.53. The van der Waals surface area contributed by atoms with Gasteiger partial charge in [0.15, 0.2) is 5.78 Å². The van der Waals surface area contributed by atoms with Crippen molar-refractivity contribution in [1.29, 1.82) is 0 Å². The second-order valence-corrected chi connectivity index (χ2v) is 9.36. The van der Waals surface area contributed by atoms with Crippen molar-refractivity contribution in [3.05, 3.63) is 119 Å². The summed E-state index contributed by atoms with van der Waals surface area (Å²) in [5, 5.41) is 0. The van der Waals surface area contributed by atoms with Crippen LogP contribution in [0.1, 0.15) is 66.7 Å². The summed E-state index contributed by atoms with van der Waals surface area (Å²) in [6.45, 7) is 0.567. The van der Waals surface area contributed by atoms with Gasteiger partial charge in [-0.3, -0.25) is 19.3 Å². The normalized spacial score (nSPS) is 15.5. The number of fused-ring (bicyclic) bond motifs is 2. The highest BCUT2D eigenvalue weighted by Crippen LogP contribution is 2.36. The lowest BCUT2D eigenvalue weighted by Crippen LogP contribution is -2.30. The highest BCUT2D eigenvalue weighted by molar-refractivity contribution is 6.21. The maximum absolute atomic E-state index is 13.2. The third-order valence-electron chi connectivity index (χ3n) is 7.09. The summed E-state index contributed by atoms with van der Waals surface area (Å²) in [4.78, 5) is 44.6. The first-order chi connectivity index (χ1) is 18.1. The van der Waals surface area contributed by atoms with Crippen LogP contribution >= 0.6 is 0 Å². The maximum Gasteiger partial charge on any atom is 0.261 e. The predicted molar refractivity (Wildman–Crippen MR) is 136 cm³/mol. The van der Waals surface area contributed by atoms with Crippen LogP contribution in [-0.4, -0.2) is 32.0 Å². The Labute approximate surface area is 214 Å². The second kappa shape index (κ2) is 9.50. The zero-order chi connectivity index (χ0) is 25.4. The van der Waals surface area contributed by atoms with E-state index >= 15 is 0 Å². The zero-order valence-electron chi connectivity index (χ0n) is 20.2. The van der Waals surface area contributed by atoms with Crippen LogP contribution in [0.2, 0.25) is 0 Å². The van der Waals surface area contributed by atoms with E-state index < -0.39 is 0 Å². The number of carbonyl (C=O) groups excluding carboxylic acids is 3. The Morgan fingerprint density at radius 1 is 0.838 bits per heavy atom. The molecule has 2 amide bonds. The van der Waals surface area contributed by atoms with Crippen LogP contribution in [0.15, 0.2) is 85.5 Å². The molecule has 2 heterocycles. The smallest absolute Gasteiger partial charge is 0.261 e. The van der Waals surface area contributed by atoms with E-state index in [-0.39, 0.29) is 30.2 Å². The Balaban J connectivity index is 1.41. The number of nitrogens with zero attached hydrogens (tertiary/aromatic N) is 3. The van der Waals surface area contributed by atoms with Gasteiger partial charge in [0.1, 0.15) is 11.9 Å². The summed E-state index contributed by atoms with van der Waals surface area (Å²) in [7, 11) is 0. The SMILES string of the molecule is O=C1CCCc2c1ccc(O[C@H](Cn1ccnc1)c1ccccc1)c2CN1C(=O)c2ccccc2C1=O. The number of imidazole rings is 1. The molecule has 2 aliphatic rings. The van der Waals surface area contributed by atoms with E-state index in [4.69, 9.17) is 4.74 Å². The highest BCUT2D eigenvalue weighted by atomic mass is 16.5. The van der Waals surface area contributed by atoms with Crippen LogP contribution in [0.25, 0.3) is 0 Å². The van der Waals surface area contributed by atoms with E-state index in [1.807, 2.05) is 47.2 Å². The Hall–Kier alpha value is -4.52. The minimum atomic E-state index is -0.353. The Morgan fingerprint density at radius 2 is 1.57 bits per heavy atom. The number of aromatic nitrogens is 2. The molecular weight excluding hydrogens is 466 g/mol. The number of hydrogen-bond donors (Lipinski definition) is 0. The minimum absolute atomic E-state index is 0.0463. The average molecular weight is 492 g/mol. The van der Waals surface area contributed by atoms with E-state index in [9.17, 15) is 14.4 Å². The topological polar surface area (TPSA) is 81.5 Å². The van der Waals surface area contributed by atoms with Crippen LogP contribution in [-0.2, 0) is 19.5 Å². The van der Waals surface area contributed by atoms with Gasteiger partial charge in [-0.25, -0.2) is 4.98 Å². The summed E-state index contributed by atoms with van der Waals surface area (Å²) in [5.41, 5.74) is 4.01. The molecule has 0 unspecified atom stereocenters. The van der Waals surface area contributed by atoms with E-state index in [1.165, 1.54) is 4.90 Å². The van der Waals surface area contributed by atoms with Crippen molar-refractivity contribution < 1.29 is 19.1 Å². The number of ketones is 1. The van der Waals surface area contributed by atoms with E-state index in [0.29, 0.717) is 47.4 Å². The standard InChI is InChI=1S/C30H25N3O4/c34-26-12-6-11-21-22(26)13-14-27(25(21)17-33-29(35)23-9-4-5-10-24(23)30(33)36)37-28(18-32-16-15-31-19-32)20-7-2-1-3-8-20/h1-5,7-10,13-16,19,28H,6,11-12,17-18H2/t28-/m1/s1. The summed E-state index contributed by atoms with van der Waals surface area (Å²) in [5.74, 6) is -0.0120. The number of imide groups is 1. The van der Waals surface area contributed by atoms with E-state index in [1.54, 1.807) is 42.9 Å². The molecule has 0 N–H and O–H groups in total. The molecule has 1 aliphatic carbocycles. The Kier molecular flexibility index (Phi) is 5.88. The predicted octanol–water partition coefficient (Wildman–Crippen LogP) is 5.02. The number of amides is 2. The summed E-state index contributed by atoms with van der Waals surface area (Å²) in [6.07, 6.45) is 6.90. The molecule has 0 spiro atoms. The van der Waals surface area contributed by atoms with Crippen molar-refractivity contribution in [2.24, 2.45) is 0 Å². The largest absolute Gasteiger partial charge is 0.483 e. The first-order valence-corrected chi connectivity index (χ1v) is 12.4. The lowest BCUT2D eigenvalue weighted by atomic mass is 9.86. The second-order valence-electron chi connectivity index (χ2n) is 9.36. The fourth-order valence-electron chi connectivity index (χ4n) is 5.22. The molecule has 0 saturated heterocycles. The molecule has 3 aromatic carbocycles. The lowest BCUT2D eigenvalue weighted by molar-refractivity contribution is 0.0639. The number of carbonyl (C=O) groups is 3. The highest BCUT2D eigenvalue weighted by Gasteiger charge is 2.37. The zero-order valence-corrected chi connectivity index (χ0v) is 20.2. The number of benzene rings is 3. The summed E-state index contributed by atoms with van der Waals surface area (Å²) < 4.78 is 8.60. The van der Waals surface area contributed by atoms with Crippen molar-refractivity contribution in [3.63, 3.8) is 0 Å². The maximum atomic E-state index is 13.2. The quantitative estimate of drug-likeness (QED) is 0.339. The third-order valence-corrected chi connectivity index (χ3v) is 7.09. The fraction of sp³-hybridized carbons (Fsp3) is 0.200. The van der Waals surface area contributed by atoms with Crippen molar-refractivity contribution in [2.45, 2.75) is 38.5 Å². The number of ether oxygens (including phenoxy) is 1. The van der Waals surface area contributed by atoms with Gasteiger partial charge < -0.3 is 9.30 Å².